The van der Waals surface area contributed by atoms with Gasteiger partial charge >= 0.3 is 0 Å². The van der Waals surface area contributed by atoms with Crippen LogP contribution in [0.2, 0.25) is 0 Å². The van der Waals surface area contributed by atoms with E-state index in [1.54, 1.807) is 23.9 Å². The Morgan fingerprint density at radius 1 is 1.20 bits per heavy atom. The molecule has 0 amide bonds. The molecule has 0 heterocycles. The second-order valence-electron chi connectivity index (χ2n) is 4.45. The highest BCUT2D eigenvalue weighted by molar-refractivity contribution is 7.98. The summed E-state index contributed by atoms with van der Waals surface area (Å²) >= 11 is 1.69. The van der Waals surface area contributed by atoms with Crippen LogP contribution in [0.5, 0.6) is 0 Å². The zero-order valence-electron chi connectivity index (χ0n) is 11.4. The van der Waals surface area contributed by atoms with Crippen molar-refractivity contribution >= 4 is 17.4 Å². The van der Waals surface area contributed by atoms with E-state index in [1.807, 2.05) is 43.5 Å². The van der Waals surface area contributed by atoms with Gasteiger partial charge in [-0.25, -0.2) is 4.39 Å². The lowest BCUT2D eigenvalue weighted by molar-refractivity contribution is 0.627. The second kappa shape index (κ2) is 6.44. The molecule has 2 aromatic rings. The molecule has 0 fully saturated rings. The van der Waals surface area contributed by atoms with Gasteiger partial charge in [-0.3, -0.25) is 0 Å². The second-order valence-corrected chi connectivity index (χ2v) is 5.33. The normalized spacial score (nSPS) is 11.7. The Hall–Kier alpha value is -1.99. The largest absolute Gasteiger partial charge is 0.376 e. The molecule has 1 atom stereocenters. The van der Waals surface area contributed by atoms with Crippen LogP contribution in [-0.4, -0.2) is 6.26 Å². The molecule has 0 saturated carbocycles. The molecule has 102 valence electrons. The molecule has 2 nitrogen and oxygen atoms in total. The van der Waals surface area contributed by atoms with E-state index in [1.165, 1.54) is 11.0 Å². The van der Waals surface area contributed by atoms with Gasteiger partial charge in [0.25, 0.3) is 0 Å². The molecule has 2 rings (SSSR count). The number of rotatable bonds is 4. The van der Waals surface area contributed by atoms with E-state index in [0.29, 0.717) is 11.3 Å². The summed E-state index contributed by atoms with van der Waals surface area (Å²) in [5.74, 6) is -0.406. The first-order valence-electron chi connectivity index (χ1n) is 6.24. The number of nitriles is 1. The fourth-order valence-corrected chi connectivity index (χ4v) is 2.32. The van der Waals surface area contributed by atoms with E-state index in [2.05, 4.69) is 5.32 Å². The Balaban J connectivity index is 2.14. The summed E-state index contributed by atoms with van der Waals surface area (Å²) in [6.45, 7) is 1.98. The third-order valence-electron chi connectivity index (χ3n) is 3.09. The van der Waals surface area contributed by atoms with Gasteiger partial charge in [-0.15, -0.1) is 11.8 Å². The molecule has 2 aromatic carbocycles. The van der Waals surface area contributed by atoms with E-state index in [9.17, 15) is 4.39 Å². The van der Waals surface area contributed by atoms with Crippen molar-refractivity contribution in [3.63, 3.8) is 0 Å². The van der Waals surface area contributed by atoms with E-state index in [0.717, 1.165) is 5.56 Å². The number of nitrogens with zero attached hydrogens (tertiary/aromatic N) is 1. The van der Waals surface area contributed by atoms with Crippen LogP contribution in [-0.2, 0) is 0 Å². The summed E-state index contributed by atoms with van der Waals surface area (Å²) in [5.41, 5.74) is 1.82. The molecule has 0 aliphatic rings. The molecule has 20 heavy (non-hydrogen) atoms. The fraction of sp³-hybridized carbons (Fsp3) is 0.188. The van der Waals surface area contributed by atoms with E-state index >= 15 is 0 Å². The van der Waals surface area contributed by atoms with Crippen molar-refractivity contribution in [1.29, 1.82) is 5.26 Å². The Labute approximate surface area is 122 Å². The molecule has 4 heteroatoms. The summed E-state index contributed by atoms with van der Waals surface area (Å²) in [6.07, 6.45) is 2.03. The van der Waals surface area contributed by atoms with Crippen LogP contribution in [0, 0.1) is 17.1 Å². The Kier molecular flexibility index (Phi) is 4.65. The van der Waals surface area contributed by atoms with Gasteiger partial charge in [-0.1, -0.05) is 12.1 Å². The highest BCUT2D eigenvalue weighted by Gasteiger charge is 2.09. The molecular weight excluding hydrogens is 271 g/mol. The van der Waals surface area contributed by atoms with Crippen molar-refractivity contribution in [3.8, 4) is 6.07 Å². The first-order valence-corrected chi connectivity index (χ1v) is 7.46. The number of hydrogen-bond donors (Lipinski definition) is 1. The lowest BCUT2D eigenvalue weighted by Gasteiger charge is -2.16. The lowest BCUT2D eigenvalue weighted by atomic mass is 10.1. The van der Waals surface area contributed by atoms with Crippen LogP contribution in [0.3, 0.4) is 0 Å². The van der Waals surface area contributed by atoms with Gasteiger partial charge in [0.05, 0.1) is 17.3 Å². The van der Waals surface area contributed by atoms with Crippen molar-refractivity contribution in [1.82, 2.24) is 0 Å². The monoisotopic (exact) mass is 286 g/mol. The smallest absolute Gasteiger partial charge is 0.147 e. The third kappa shape index (κ3) is 3.31. The van der Waals surface area contributed by atoms with Gasteiger partial charge in [0.2, 0.25) is 0 Å². The fourth-order valence-electron chi connectivity index (χ4n) is 1.91. The summed E-state index contributed by atoms with van der Waals surface area (Å²) in [7, 11) is 0. The van der Waals surface area contributed by atoms with Crippen LogP contribution < -0.4 is 5.32 Å². The maximum Gasteiger partial charge on any atom is 0.147 e. The standard InChI is InChI=1S/C16H15FN2S/c1-11(13-4-6-14(20-2)7-5-13)19-16-8-3-12(10-18)9-15(16)17/h3-9,11,19H,1-2H3. The van der Waals surface area contributed by atoms with Gasteiger partial charge < -0.3 is 5.32 Å². The molecule has 0 spiro atoms. The highest BCUT2D eigenvalue weighted by atomic mass is 32.2. The summed E-state index contributed by atoms with van der Waals surface area (Å²) < 4.78 is 13.8. The van der Waals surface area contributed by atoms with Gasteiger partial charge in [-0.2, -0.15) is 5.26 Å². The van der Waals surface area contributed by atoms with Crippen molar-refractivity contribution in [3.05, 3.63) is 59.4 Å². The third-order valence-corrected chi connectivity index (χ3v) is 3.83. The van der Waals surface area contributed by atoms with Gasteiger partial charge in [0.15, 0.2) is 0 Å². The van der Waals surface area contributed by atoms with Gasteiger partial charge in [0.1, 0.15) is 5.82 Å². The number of nitrogens with one attached hydrogen (secondary N) is 1. The molecule has 0 aromatic heterocycles. The van der Waals surface area contributed by atoms with Crippen LogP contribution in [0.25, 0.3) is 0 Å². The maximum absolute atomic E-state index is 13.8. The van der Waals surface area contributed by atoms with Crippen molar-refractivity contribution in [2.75, 3.05) is 11.6 Å². The van der Waals surface area contributed by atoms with Gasteiger partial charge in [-0.05, 0) is 49.1 Å². The van der Waals surface area contributed by atoms with Crippen LogP contribution >= 0.6 is 11.8 Å². The molecule has 1 unspecified atom stereocenters. The molecular formula is C16H15FN2S. The first kappa shape index (κ1) is 14.4. The average molecular weight is 286 g/mol. The zero-order chi connectivity index (χ0) is 14.5. The predicted octanol–water partition coefficient (Wildman–Crippen LogP) is 4.59. The Bertz CT molecular complexity index is 632. The maximum atomic E-state index is 13.8. The highest BCUT2D eigenvalue weighted by Crippen LogP contribution is 2.24. The zero-order valence-corrected chi connectivity index (χ0v) is 12.2. The predicted molar refractivity (Wildman–Crippen MR) is 81.4 cm³/mol. The minimum absolute atomic E-state index is 0.00616. The Morgan fingerprint density at radius 3 is 2.45 bits per heavy atom. The van der Waals surface area contributed by atoms with Crippen LogP contribution in [0.4, 0.5) is 10.1 Å². The SMILES string of the molecule is CSc1ccc(C(C)Nc2ccc(C#N)cc2F)cc1. The lowest BCUT2D eigenvalue weighted by Crippen LogP contribution is -2.08. The minimum atomic E-state index is -0.406. The van der Waals surface area contributed by atoms with Crippen LogP contribution in [0.15, 0.2) is 47.4 Å². The first-order chi connectivity index (χ1) is 9.63. The van der Waals surface area contributed by atoms with Crippen LogP contribution in [0.1, 0.15) is 24.1 Å². The number of anilines is 1. The number of benzene rings is 2. The average Bonchev–Trinajstić information content (AvgIpc) is 2.49. The molecule has 0 saturated heterocycles. The molecule has 1 N–H and O–H groups in total. The van der Waals surface area contributed by atoms with Crippen molar-refractivity contribution in [2.24, 2.45) is 0 Å². The summed E-state index contributed by atoms with van der Waals surface area (Å²) in [4.78, 5) is 1.20. The van der Waals surface area contributed by atoms with E-state index in [4.69, 9.17) is 5.26 Å². The molecule has 0 aliphatic carbocycles. The number of halogens is 1. The van der Waals surface area contributed by atoms with Crippen molar-refractivity contribution in [2.45, 2.75) is 17.9 Å². The van der Waals surface area contributed by atoms with E-state index < -0.39 is 5.82 Å². The summed E-state index contributed by atoms with van der Waals surface area (Å²) in [6, 6.07) is 14.5. The molecule has 0 aliphatic heterocycles. The number of hydrogen-bond acceptors (Lipinski definition) is 3. The van der Waals surface area contributed by atoms with E-state index in [-0.39, 0.29) is 6.04 Å². The quantitative estimate of drug-likeness (QED) is 0.835. The minimum Gasteiger partial charge on any atom is -0.376 e. The Morgan fingerprint density at radius 2 is 1.90 bits per heavy atom. The topological polar surface area (TPSA) is 35.8 Å². The van der Waals surface area contributed by atoms with Crippen molar-refractivity contribution < 1.29 is 4.39 Å². The van der Waals surface area contributed by atoms with Gasteiger partial charge in [0, 0.05) is 10.9 Å². The summed E-state index contributed by atoms with van der Waals surface area (Å²) in [5, 5.41) is 11.8. The molecule has 0 bridgehead atoms. The molecule has 0 radical (unpaired) electrons. The number of thioether (sulfide) groups is 1.